The van der Waals surface area contributed by atoms with Crippen molar-refractivity contribution in [2.45, 2.75) is 45.6 Å². The average Bonchev–Trinajstić information content (AvgIpc) is 2.54. The maximum Gasteiger partial charge on any atom is 0.123 e. The molecule has 1 aromatic heterocycles. The van der Waals surface area contributed by atoms with E-state index in [0.29, 0.717) is 0 Å². The quantitative estimate of drug-likeness (QED) is 0.731. The second-order valence-corrected chi connectivity index (χ2v) is 3.44. The molecule has 0 bridgehead atoms. The zero-order chi connectivity index (χ0) is 9.68. The van der Waals surface area contributed by atoms with Crippen LogP contribution in [-0.4, -0.2) is 9.97 Å². The second kappa shape index (κ2) is 5.02. The van der Waals surface area contributed by atoms with Crippen LogP contribution in [0.15, 0.2) is 6.20 Å². The van der Waals surface area contributed by atoms with Gasteiger partial charge in [-0.1, -0.05) is 26.7 Å². The smallest absolute Gasteiger partial charge is 0.123 e. The van der Waals surface area contributed by atoms with Crippen LogP contribution in [0.4, 0.5) is 0 Å². The number of aromatic amines is 1. The van der Waals surface area contributed by atoms with Gasteiger partial charge in [0.2, 0.25) is 0 Å². The first-order chi connectivity index (χ1) is 6.27. The minimum Gasteiger partial charge on any atom is -0.345 e. The van der Waals surface area contributed by atoms with Gasteiger partial charge in [0.05, 0.1) is 6.04 Å². The lowest BCUT2D eigenvalue weighted by Crippen LogP contribution is -2.11. The summed E-state index contributed by atoms with van der Waals surface area (Å²) >= 11 is 0. The van der Waals surface area contributed by atoms with E-state index in [4.69, 9.17) is 5.73 Å². The number of nitrogens with one attached hydrogen (secondary N) is 1. The number of hydrogen-bond donors (Lipinski definition) is 2. The average molecular weight is 181 g/mol. The lowest BCUT2D eigenvalue weighted by Gasteiger charge is -2.05. The van der Waals surface area contributed by atoms with Crippen LogP contribution >= 0.6 is 0 Å². The van der Waals surface area contributed by atoms with Crippen molar-refractivity contribution >= 4 is 0 Å². The summed E-state index contributed by atoms with van der Waals surface area (Å²) in [5.74, 6) is 0.935. The van der Waals surface area contributed by atoms with E-state index in [9.17, 15) is 0 Å². The predicted octanol–water partition coefficient (Wildman–Crippen LogP) is 2.16. The molecule has 0 aliphatic carbocycles. The van der Waals surface area contributed by atoms with Crippen LogP contribution in [0.1, 0.15) is 50.7 Å². The molecule has 0 amide bonds. The molecular weight excluding hydrogens is 162 g/mol. The summed E-state index contributed by atoms with van der Waals surface area (Å²) in [5.41, 5.74) is 7.12. The number of nitrogens with zero attached hydrogens (tertiary/aromatic N) is 1. The summed E-state index contributed by atoms with van der Waals surface area (Å²) < 4.78 is 0. The number of aryl methyl sites for hydroxylation is 1. The summed E-state index contributed by atoms with van der Waals surface area (Å²) in [4.78, 5) is 7.54. The summed E-state index contributed by atoms with van der Waals surface area (Å²) in [6, 6.07) is 0.0793. The molecule has 0 aliphatic rings. The molecular formula is C10H19N3. The van der Waals surface area contributed by atoms with Gasteiger partial charge in [0.15, 0.2) is 0 Å². The summed E-state index contributed by atoms with van der Waals surface area (Å²) in [6.07, 6.45) is 6.20. The van der Waals surface area contributed by atoms with Gasteiger partial charge in [-0.25, -0.2) is 4.98 Å². The van der Waals surface area contributed by atoms with E-state index in [-0.39, 0.29) is 6.04 Å². The number of rotatable bonds is 5. The third kappa shape index (κ3) is 2.84. The van der Waals surface area contributed by atoms with Gasteiger partial charge in [0, 0.05) is 11.9 Å². The summed E-state index contributed by atoms with van der Waals surface area (Å²) in [6.45, 7) is 4.29. The molecule has 0 aliphatic heterocycles. The first kappa shape index (κ1) is 10.3. The molecule has 0 saturated heterocycles. The Morgan fingerprint density at radius 3 is 2.85 bits per heavy atom. The molecule has 0 fully saturated rings. The molecule has 74 valence electrons. The highest BCUT2D eigenvalue weighted by molar-refractivity contribution is 5.04. The second-order valence-electron chi connectivity index (χ2n) is 3.44. The molecule has 1 atom stereocenters. The van der Waals surface area contributed by atoms with Crippen molar-refractivity contribution in [3.63, 3.8) is 0 Å². The molecule has 3 heteroatoms. The SMILES string of the molecule is CCCc1cnc(C(N)CCC)[nH]1. The van der Waals surface area contributed by atoms with Crippen molar-refractivity contribution in [3.05, 3.63) is 17.7 Å². The minimum absolute atomic E-state index is 0.0793. The van der Waals surface area contributed by atoms with Crippen LogP contribution < -0.4 is 5.73 Å². The Morgan fingerprint density at radius 2 is 2.23 bits per heavy atom. The number of aromatic nitrogens is 2. The summed E-state index contributed by atoms with van der Waals surface area (Å²) in [7, 11) is 0. The molecule has 0 saturated carbocycles. The standard InChI is InChI=1S/C10H19N3/c1-3-5-8-7-12-10(13-8)9(11)6-4-2/h7,9H,3-6,11H2,1-2H3,(H,12,13). The van der Waals surface area contributed by atoms with Crippen LogP contribution in [0, 0.1) is 0 Å². The van der Waals surface area contributed by atoms with Gasteiger partial charge in [-0.3, -0.25) is 0 Å². The first-order valence-corrected chi connectivity index (χ1v) is 5.07. The molecule has 1 rings (SSSR count). The van der Waals surface area contributed by atoms with Gasteiger partial charge in [-0.05, 0) is 12.8 Å². The molecule has 1 aromatic rings. The molecule has 0 aromatic carbocycles. The highest BCUT2D eigenvalue weighted by atomic mass is 15.0. The summed E-state index contributed by atoms with van der Waals surface area (Å²) in [5, 5.41) is 0. The lowest BCUT2D eigenvalue weighted by molar-refractivity contribution is 0.607. The van der Waals surface area contributed by atoms with Crippen molar-refractivity contribution in [2.24, 2.45) is 5.73 Å². The van der Waals surface area contributed by atoms with E-state index in [1.54, 1.807) is 0 Å². The predicted molar refractivity (Wildman–Crippen MR) is 54.4 cm³/mol. The van der Waals surface area contributed by atoms with Gasteiger partial charge in [-0.2, -0.15) is 0 Å². The largest absolute Gasteiger partial charge is 0.345 e. The Labute approximate surface area is 79.8 Å². The van der Waals surface area contributed by atoms with Crippen LogP contribution in [0.25, 0.3) is 0 Å². The van der Waals surface area contributed by atoms with Gasteiger partial charge >= 0.3 is 0 Å². The Hall–Kier alpha value is -0.830. The number of hydrogen-bond acceptors (Lipinski definition) is 2. The van der Waals surface area contributed by atoms with E-state index < -0.39 is 0 Å². The monoisotopic (exact) mass is 181 g/mol. The fourth-order valence-corrected chi connectivity index (χ4v) is 1.41. The van der Waals surface area contributed by atoms with E-state index >= 15 is 0 Å². The van der Waals surface area contributed by atoms with Crippen molar-refractivity contribution in [1.29, 1.82) is 0 Å². The fourth-order valence-electron chi connectivity index (χ4n) is 1.41. The topological polar surface area (TPSA) is 54.7 Å². The van der Waals surface area contributed by atoms with Crippen LogP contribution in [0.2, 0.25) is 0 Å². The van der Waals surface area contributed by atoms with Gasteiger partial charge < -0.3 is 10.7 Å². The fraction of sp³-hybridized carbons (Fsp3) is 0.700. The molecule has 1 unspecified atom stereocenters. The third-order valence-electron chi connectivity index (χ3n) is 2.12. The molecule has 3 nitrogen and oxygen atoms in total. The molecule has 0 radical (unpaired) electrons. The van der Waals surface area contributed by atoms with Crippen LogP contribution in [0.5, 0.6) is 0 Å². The van der Waals surface area contributed by atoms with Gasteiger partial charge in [-0.15, -0.1) is 0 Å². The van der Waals surface area contributed by atoms with Crippen LogP contribution in [0.3, 0.4) is 0 Å². The lowest BCUT2D eigenvalue weighted by atomic mass is 10.2. The van der Waals surface area contributed by atoms with Crippen molar-refractivity contribution in [2.75, 3.05) is 0 Å². The van der Waals surface area contributed by atoms with Crippen molar-refractivity contribution < 1.29 is 0 Å². The molecule has 3 N–H and O–H groups in total. The Bertz CT molecular complexity index is 242. The molecule has 1 heterocycles. The minimum atomic E-state index is 0.0793. The third-order valence-corrected chi connectivity index (χ3v) is 2.12. The Balaban J connectivity index is 2.56. The number of imidazole rings is 1. The van der Waals surface area contributed by atoms with Crippen molar-refractivity contribution in [3.8, 4) is 0 Å². The van der Waals surface area contributed by atoms with Crippen LogP contribution in [-0.2, 0) is 6.42 Å². The number of nitrogens with two attached hydrogens (primary N) is 1. The maximum absolute atomic E-state index is 5.92. The van der Waals surface area contributed by atoms with Gasteiger partial charge in [0.1, 0.15) is 5.82 Å². The van der Waals surface area contributed by atoms with E-state index in [1.807, 2.05) is 6.20 Å². The highest BCUT2D eigenvalue weighted by Crippen LogP contribution is 2.12. The normalized spacial score (nSPS) is 13.2. The number of H-pyrrole nitrogens is 1. The highest BCUT2D eigenvalue weighted by Gasteiger charge is 2.08. The van der Waals surface area contributed by atoms with E-state index in [0.717, 1.165) is 31.5 Å². The molecule has 13 heavy (non-hydrogen) atoms. The van der Waals surface area contributed by atoms with E-state index in [2.05, 4.69) is 23.8 Å². The Morgan fingerprint density at radius 1 is 1.46 bits per heavy atom. The van der Waals surface area contributed by atoms with Crippen molar-refractivity contribution in [1.82, 2.24) is 9.97 Å². The molecule has 0 spiro atoms. The maximum atomic E-state index is 5.92. The zero-order valence-corrected chi connectivity index (χ0v) is 8.51. The van der Waals surface area contributed by atoms with Gasteiger partial charge in [0.25, 0.3) is 0 Å². The zero-order valence-electron chi connectivity index (χ0n) is 8.51. The van der Waals surface area contributed by atoms with E-state index in [1.165, 1.54) is 5.69 Å². The Kier molecular flexibility index (Phi) is 3.96. The first-order valence-electron chi connectivity index (χ1n) is 5.07.